The number of halogens is 1. The van der Waals surface area contributed by atoms with Gasteiger partial charge >= 0.3 is 5.97 Å². The third-order valence-electron chi connectivity index (χ3n) is 2.73. The molecule has 0 unspecified atom stereocenters. The number of nitriles is 1. The summed E-state index contributed by atoms with van der Waals surface area (Å²) >= 11 is 3.45. The van der Waals surface area contributed by atoms with Gasteiger partial charge < -0.3 is 15.7 Å². The summed E-state index contributed by atoms with van der Waals surface area (Å²) in [5, 5.41) is 22.7. The Morgan fingerprint density at radius 3 is 2.68 bits per heavy atom. The number of rotatable bonds is 8. The average molecular weight is 366 g/mol. The van der Waals surface area contributed by atoms with Gasteiger partial charge in [0.05, 0.1) is 6.42 Å². The third kappa shape index (κ3) is 6.41. The molecule has 0 heterocycles. The summed E-state index contributed by atoms with van der Waals surface area (Å²) in [5.74, 6) is -1.59. The number of carbonyl (C=O) groups is 2. The van der Waals surface area contributed by atoms with Gasteiger partial charge in [-0.1, -0.05) is 34.1 Å². The highest BCUT2D eigenvalue weighted by molar-refractivity contribution is 9.10. The number of aliphatic carboxylic acids is 1. The van der Waals surface area contributed by atoms with E-state index in [2.05, 4.69) is 26.6 Å². The number of carboxylic acid groups (broad SMARTS) is 1. The van der Waals surface area contributed by atoms with E-state index in [1.807, 2.05) is 24.3 Å². The van der Waals surface area contributed by atoms with Crippen molar-refractivity contribution >= 4 is 27.8 Å². The molecule has 1 aromatic carbocycles. The largest absolute Gasteiger partial charge is 0.481 e. The van der Waals surface area contributed by atoms with Gasteiger partial charge in [0.1, 0.15) is 11.6 Å². The Hall–Kier alpha value is -2.33. The number of nitrogens with zero attached hydrogens (tertiary/aromatic N) is 1. The van der Waals surface area contributed by atoms with Crippen LogP contribution in [-0.2, 0) is 16.0 Å². The number of carbonyl (C=O) groups excluding carboxylic acids is 1. The van der Waals surface area contributed by atoms with Crippen LogP contribution in [0.3, 0.4) is 0 Å². The third-order valence-corrected chi connectivity index (χ3v) is 3.51. The molecule has 0 radical (unpaired) electrons. The van der Waals surface area contributed by atoms with Crippen molar-refractivity contribution < 1.29 is 14.7 Å². The van der Waals surface area contributed by atoms with Crippen LogP contribution in [0, 0.1) is 11.3 Å². The number of hydrogen-bond acceptors (Lipinski definition) is 4. The normalized spacial score (nSPS) is 10.6. The molecule has 0 aromatic heterocycles. The van der Waals surface area contributed by atoms with Crippen molar-refractivity contribution in [2.24, 2.45) is 0 Å². The zero-order valence-electron chi connectivity index (χ0n) is 11.8. The number of carboxylic acids is 1. The van der Waals surface area contributed by atoms with Gasteiger partial charge in [-0.05, 0) is 18.1 Å². The maximum atomic E-state index is 11.6. The zero-order valence-corrected chi connectivity index (χ0v) is 13.4. The van der Waals surface area contributed by atoms with Crippen LogP contribution < -0.4 is 10.6 Å². The molecule has 0 saturated heterocycles. The smallest absolute Gasteiger partial charge is 0.305 e. The molecule has 0 aliphatic rings. The fraction of sp³-hybridized carbons (Fsp3) is 0.267. The minimum Gasteiger partial charge on any atom is -0.481 e. The maximum Gasteiger partial charge on any atom is 0.305 e. The monoisotopic (exact) mass is 365 g/mol. The number of benzene rings is 1. The van der Waals surface area contributed by atoms with E-state index in [-0.39, 0.29) is 18.5 Å². The second kappa shape index (κ2) is 9.58. The van der Waals surface area contributed by atoms with Gasteiger partial charge in [0.25, 0.3) is 5.91 Å². The maximum absolute atomic E-state index is 11.6. The van der Waals surface area contributed by atoms with Gasteiger partial charge in [-0.3, -0.25) is 9.59 Å². The van der Waals surface area contributed by atoms with Crippen molar-refractivity contribution in [1.29, 1.82) is 5.26 Å². The van der Waals surface area contributed by atoms with E-state index in [4.69, 9.17) is 10.4 Å². The lowest BCUT2D eigenvalue weighted by molar-refractivity contribution is -0.136. The molecule has 0 saturated carbocycles. The molecule has 0 aliphatic heterocycles. The topological polar surface area (TPSA) is 102 Å². The molecule has 1 amide bonds. The molecule has 0 aliphatic carbocycles. The van der Waals surface area contributed by atoms with Gasteiger partial charge in [-0.2, -0.15) is 5.26 Å². The minimum atomic E-state index is -1.01. The zero-order chi connectivity index (χ0) is 16.4. The van der Waals surface area contributed by atoms with Gasteiger partial charge in [-0.15, -0.1) is 0 Å². The lowest BCUT2D eigenvalue weighted by atomic mass is 10.1. The summed E-state index contributed by atoms with van der Waals surface area (Å²) < 4.78 is 1.01. The van der Waals surface area contributed by atoms with Crippen LogP contribution in [-0.4, -0.2) is 30.1 Å². The van der Waals surface area contributed by atoms with Crippen LogP contribution >= 0.6 is 15.9 Å². The van der Waals surface area contributed by atoms with E-state index in [9.17, 15) is 9.59 Å². The molecule has 1 rings (SSSR count). The fourth-order valence-electron chi connectivity index (χ4n) is 1.61. The molecule has 116 valence electrons. The summed E-state index contributed by atoms with van der Waals surface area (Å²) in [6, 6.07) is 9.58. The van der Waals surface area contributed by atoms with Gasteiger partial charge in [0, 0.05) is 23.8 Å². The Balaban J connectivity index is 2.42. The molecule has 1 aromatic rings. The van der Waals surface area contributed by atoms with Crippen LogP contribution in [0.25, 0.3) is 0 Å². The summed E-state index contributed by atoms with van der Waals surface area (Å²) in [4.78, 5) is 22.0. The predicted molar refractivity (Wildman–Crippen MR) is 84.8 cm³/mol. The van der Waals surface area contributed by atoms with Crippen molar-refractivity contribution in [3.05, 3.63) is 46.1 Å². The van der Waals surface area contributed by atoms with E-state index in [0.29, 0.717) is 6.54 Å². The number of amides is 1. The lowest BCUT2D eigenvalue weighted by Gasteiger charge is -2.05. The molecule has 0 atom stereocenters. The van der Waals surface area contributed by atoms with Crippen molar-refractivity contribution in [2.75, 3.05) is 13.1 Å². The van der Waals surface area contributed by atoms with Crippen LogP contribution in [0.4, 0.5) is 0 Å². The molecule has 0 bridgehead atoms. The quantitative estimate of drug-likeness (QED) is 0.368. The summed E-state index contributed by atoms with van der Waals surface area (Å²) in [6.45, 7) is 0.556. The first-order chi connectivity index (χ1) is 10.5. The highest BCUT2D eigenvalue weighted by Gasteiger charge is 2.08. The highest BCUT2D eigenvalue weighted by atomic mass is 79.9. The van der Waals surface area contributed by atoms with Crippen molar-refractivity contribution in [2.45, 2.75) is 12.8 Å². The molecule has 0 spiro atoms. The molecule has 6 nitrogen and oxygen atoms in total. The average Bonchev–Trinajstić information content (AvgIpc) is 2.48. The number of nitrogens with one attached hydrogen (secondary N) is 2. The van der Waals surface area contributed by atoms with Crippen LogP contribution in [0.5, 0.6) is 0 Å². The van der Waals surface area contributed by atoms with E-state index in [1.54, 1.807) is 6.07 Å². The van der Waals surface area contributed by atoms with Crippen LogP contribution in [0.1, 0.15) is 12.0 Å². The second-order valence-electron chi connectivity index (χ2n) is 4.36. The Bertz CT molecular complexity index is 608. The molecule has 3 N–H and O–H groups in total. The van der Waals surface area contributed by atoms with E-state index in [1.165, 1.54) is 6.20 Å². The number of hydrogen-bond donors (Lipinski definition) is 3. The summed E-state index contributed by atoms with van der Waals surface area (Å²) in [5.41, 5.74) is 1.03. The molecular formula is C15H16BrN3O3. The van der Waals surface area contributed by atoms with E-state index < -0.39 is 11.9 Å². The summed E-state index contributed by atoms with van der Waals surface area (Å²) in [6.07, 6.45) is 1.89. The lowest BCUT2D eigenvalue weighted by Crippen LogP contribution is -2.28. The second-order valence-corrected chi connectivity index (χ2v) is 5.22. The Morgan fingerprint density at radius 2 is 2.05 bits per heavy atom. The first-order valence-electron chi connectivity index (χ1n) is 6.61. The first kappa shape index (κ1) is 17.7. The van der Waals surface area contributed by atoms with E-state index >= 15 is 0 Å². The Labute approximate surface area is 137 Å². The van der Waals surface area contributed by atoms with Crippen molar-refractivity contribution in [1.82, 2.24) is 10.6 Å². The van der Waals surface area contributed by atoms with E-state index in [0.717, 1.165) is 16.5 Å². The predicted octanol–water partition coefficient (Wildman–Crippen LogP) is 1.58. The Kier molecular flexibility index (Phi) is 7.72. The van der Waals surface area contributed by atoms with Gasteiger partial charge in [-0.25, -0.2) is 0 Å². The molecular weight excluding hydrogens is 350 g/mol. The van der Waals surface area contributed by atoms with Gasteiger partial charge in [0.15, 0.2) is 0 Å². The van der Waals surface area contributed by atoms with Crippen LogP contribution in [0.15, 0.2) is 40.5 Å². The first-order valence-corrected chi connectivity index (χ1v) is 7.41. The fourth-order valence-corrected chi connectivity index (χ4v) is 2.09. The SMILES string of the molecule is N#C/C(=C/NCCc1ccccc1Br)C(=O)NCCC(=O)O. The van der Waals surface area contributed by atoms with Gasteiger partial charge in [0.2, 0.25) is 0 Å². The molecule has 0 fully saturated rings. The highest BCUT2D eigenvalue weighted by Crippen LogP contribution is 2.15. The molecule has 7 heteroatoms. The summed E-state index contributed by atoms with van der Waals surface area (Å²) in [7, 11) is 0. The Morgan fingerprint density at radius 1 is 1.32 bits per heavy atom. The van der Waals surface area contributed by atoms with Crippen LogP contribution in [0.2, 0.25) is 0 Å². The van der Waals surface area contributed by atoms with Crippen molar-refractivity contribution in [3.63, 3.8) is 0 Å². The minimum absolute atomic E-state index is 0.00977. The molecule has 22 heavy (non-hydrogen) atoms. The standard InChI is InChI=1S/C15H16BrN3O3/c16-13-4-2-1-3-11(13)5-7-18-10-12(9-17)15(22)19-8-6-14(20)21/h1-4,10,18H,5-8H2,(H,19,22)(H,20,21)/b12-10-. The van der Waals surface area contributed by atoms with Crippen molar-refractivity contribution in [3.8, 4) is 6.07 Å².